The maximum atomic E-state index is 12.4. The highest BCUT2D eigenvalue weighted by atomic mass is 16.7. The summed E-state index contributed by atoms with van der Waals surface area (Å²) in [5.41, 5.74) is 0.542. The van der Waals surface area contributed by atoms with Crippen LogP contribution in [0, 0.1) is 0 Å². The second-order valence-electron chi connectivity index (χ2n) is 5.94. The van der Waals surface area contributed by atoms with Crippen LogP contribution in [0.2, 0.25) is 0 Å². The van der Waals surface area contributed by atoms with Crippen molar-refractivity contribution in [2.75, 3.05) is 46.6 Å². The Hall–Kier alpha value is -1.79. The van der Waals surface area contributed by atoms with Crippen LogP contribution in [0.25, 0.3) is 0 Å². The lowest BCUT2D eigenvalue weighted by Gasteiger charge is -2.36. The maximum absolute atomic E-state index is 12.4. The zero-order chi connectivity index (χ0) is 15.5. The molecular formula is C16H23N3O3. The first-order valence-corrected chi connectivity index (χ1v) is 7.74. The van der Waals surface area contributed by atoms with Crippen molar-refractivity contribution in [1.29, 1.82) is 0 Å². The van der Waals surface area contributed by atoms with Crippen molar-refractivity contribution in [3.63, 3.8) is 0 Å². The summed E-state index contributed by atoms with van der Waals surface area (Å²) in [7, 11) is 2.14. The maximum Gasteiger partial charge on any atom is 0.255 e. The zero-order valence-corrected chi connectivity index (χ0v) is 13.2. The number of hydrogen-bond acceptors (Lipinski definition) is 5. The summed E-state index contributed by atoms with van der Waals surface area (Å²) in [6.45, 7) is 7.22. The van der Waals surface area contributed by atoms with Crippen molar-refractivity contribution in [2.24, 2.45) is 0 Å². The highest BCUT2D eigenvalue weighted by Gasteiger charge is 2.23. The van der Waals surface area contributed by atoms with Crippen LogP contribution in [-0.4, -0.2) is 68.3 Å². The van der Waals surface area contributed by atoms with Gasteiger partial charge in [0.2, 0.25) is 6.79 Å². The van der Waals surface area contributed by atoms with Gasteiger partial charge in [0.25, 0.3) is 5.91 Å². The van der Waals surface area contributed by atoms with Gasteiger partial charge >= 0.3 is 0 Å². The molecule has 120 valence electrons. The fourth-order valence-electron chi connectivity index (χ4n) is 2.84. The Morgan fingerprint density at radius 2 is 2.05 bits per heavy atom. The summed E-state index contributed by atoms with van der Waals surface area (Å²) >= 11 is 0. The standard InChI is InChI=1S/C16H23N3O3/c1-12(19-8-6-18(2)7-9-19)10-17-16(20)13-4-3-5-14-15(13)22-11-21-14/h3-5,12H,6-11H2,1-2H3,(H,17,20). The number of carbonyl (C=O) groups is 1. The number of hydrogen-bond donors (Lipinski definition) is 1. The number of nitrogens with zero attached hydrogens (tertiary/aromatic N) is 2. The molecule has 3 rings (SSSR count). The van der Waals surface area contributed by atoms with Gasteiger partial charge in [-0.3, -0.25) is 9.69 Å². The Labute approximate surface area is 131 Å². The largest absolute Gasteiger partial charge is 0.454 e. The minimum Gasteiger partial charge on any atom is -0.454 e. The lowest BCUT2D eigenvalue weighted by Crippen LogP contribution is -2.51. The molecule has 1 N–H and O–H groups in total. The van der Waals surface area contributed by atoms with Crippen LogP contribution in [0.5, 0.6) is 11.5 Å². The van der Waals surface area contributed by atoms with Crippen molar-refractivity contribution in [2.45, 2.75) is 13.0 Å². The molecule has 0 spiro atoms. The van der Waals surface area contributed by atoms with E-state index in [-0.39, 0.29) is 12.7 Å². The van der Waals surface area contributed by atoms with E-state index >= 15 is 0 Å². The molecule has 1 atom stereocenters. The number of amides is 1. The summed E-state index contributed by atoms with van der Waals surface area (Å²) in [5.74, 6) is 1.08. The molecule has 1 unspecified atom stereocenters. The third kappa shape index (κ3) is 3.18. The molecule has 0 radical (unpaired) electrons. The average Bonchev–Trinajstić information content (AvgIpc) is 3.01. The van der Waals surface area contributed by atoms with Crippen molar-refractivity contribution >= 4 is 5.91 Å². The smallest absolute Gasteiger partial charge is 0.255 e. The molecule has 0 saturated carbocycles. The number of fused-ring (bicyclic) bond motifs is 1. The molecule has 6 heteroatoms. The Bertz CT molecular complexity index is 541. The molecule has 1 aromatic rings. The van der Waals surface area contributed by atoms with E-state index < -0.39 is 0 Å². The van der Waals surface area contributed by atoms with Gasteiger partial charge in [-0.2, -0.15) is 0 Å². The fourth-order valence-corrected chi connectivity index (χ4v) is 2.84. The van der Waals surface area contributed by atoms with E-state index in [0.29, 0.717) is 29.6 Å². The average molecular weight is 305 g/mol. The van der Waals surface area contributed by atoms with Crippen LogP contribution < -0.4 is 14.8 Å². The highest BCUT2D eigenvalue weighted by molar-refractivity contribution is 5.97. The number of piperazine rings is 1. The van der Waals surface area contributed by atoms with E-state index in [9.17, 15) is 4.79 Å². The molecule has 22 heavy (non-hydrogen) atoms. The number of carbonyl (C=O) groups excluding carboxylic acids is 1. The molecule has 0 bridgehead atoms. The third-order valence-electron chi connectivity index (χ3n) is 4.36. The molecule has 1 aromatic carbocycles. The molecule has 1 fully saturated rings. The van der Waals surface area contributed by atoms with Crippen LogP contribution in [0.3, 0.4) is 0 Å². The molecule has 1 saturated heterocycles. The number of benzene rings is 1. The van der Waals surface area contributed by atoms with E-state index in [2.05, 4.69) is 29.1 Å². The number of rotatable bonds is 4. The predicted octanol–water partition coefficient (Wildman–Crippen LogP) is 0.781. The molecule has 0 aromatic heterocycles. The van der Waals surface area contributed by atoms with Crippen molar-refractivity contribution in [1.82, 2.24) is 15.1 Å². The second-order valence-corrected chi connectivity index (χ2v) is 5.94. The van der Waals surface area contributed by atoms with Gasteiger partial charge in [-0.25, -0.2) is 0 Å². The first-order valence-electron chi connectivity index (χ1n) is 7.74. The minimum absolute atomic E-state index is 0.108. The molecule has 2 aliphatic rings. The van der Waals surface area contributed by atoms with E-state index in [0.717, 1.165) is 26.2 Å². The van der Waals surface area contributed by atoms with Gasteiger partial charge in [0, 0.05) is 38.8 Å². The Kier molecular flexibility index (Phi) is 4.49. The number of para-hydroxylation sites is 1. The highest BCUT2D eigenvalue weighted by Crippen LogP contribution is 2.35. The molecule has 0 aliphatic carbocycles. The minimum atomic E-state index is -0.108. The van der Waals surface area contributed by atoms with Gasteiger partial charge in [-0.15, -0.1) is 0 Å². The molecule has 1 amide bonds. The van der Waals surface area contributed by atoms with Crippen LogP contribution in [0.15, 0.2) is 18.2 Å². The number of likely N-dealkylation sites (N-methyl/N-ethyl adjacent to an activating group) is 1. The van der Waals surface area contributed by atoms with E-state index in [4.69, 9.17) is 9.47 Å². The third-order valence-corrected chi connectivity index (χ3v) is 4.36. The van der Waals surface area contributed by atoms with Gasteiger partial charge in [0.15, 0.2) is 11.5 Å². The zero-order valence-electron chi connectivity index (χ0n) is 13.2. The first-order chi connectivity index (χ1) is 10.6. The van der Waals surface area contributed by atoms with Gasteiger partial charge in [0.05, 0.1) is 5.56 Å². The summed E-state index contributed by atoms with van der Waals surface area (Å²) in [6, 6.07) is 5.72. The van der Waals surface area contributed by atoms with Crippen molar-refractivity contribution in [3.05, 3.63) is 23.8 Å². The summed E-state index contributed by atoms with van der Waals surface area (Å²) in [5, 5.41) is 3.01. The number of nitrogens with one attached hydrogen (secondary N) is 1. The van der Waals surface area contributed by atoms with E-state index in [1.54, 1.807) is 6.07 Å². The summed E-state index contributed by atoms with van der Waals surface area (Å²) in [4.78, 5) is 17.1. The van der Waals surface area contributed by atoms with E-state index in [1.807, 2.05) is 12.1 Å². The quantitative estimate of drug-likeness (QED) is 0.891. The molecule has 2 heterocycles. The normalized spacial score (nSPS) is 19.9. The summed E-state index contributed by atoms with van der Waals surface area (Å²) < 4.78 is 10.7. The SMILES string of the molecule is CC(CNC(=O)c1cccc2c1OCO2)N1CCN(C)CC1. The van der Waals surface area contributed by atoms with Gasteiger partial charge in [0.1, 0.15) is 0 Å². The fraction of sp³-hybridized carbons (Fsp3) is 0.562. The lowest BCUT2D eigenvalue weighted by atomic mass is 10.1. The van der Waals surface area contributed by atoms with Crippen molar-refractivity contribution in [3.8, 4) is 11.5 Å². The van der Waals surface area contributed by atoms with Gasteiger partial charge in [-0.05, 0) is 26.1 Å². The summed E-state index contributed by atoms with van der Waals surface area (Å²) in [6.07, 6.45) is 0. The first kappa shape index (κ1) is 15.1. The Morgan fingerprint density at radius 3 is 2.82 bits per heavy atom. The Balaban J connectivity index is 1.55. The van der Waals surface area contributed by atoms with Crippen LogP contribution >= 0.6 is 0 Å². The second kappa shape index (κ2) is 6.54. The van der Waals surface area contributed by atoms with Crippen LogP contribution in [0.4, 0.5) is 0 Å². The van der Waals surface area contributed by atoms with Gasteiger partial charge < -0.3 is 19.7 Å². The Morgan fingerprint density at radius 1 is 1.27 bits per heavy atom. The molecule has 6 nitrogen and oxygen atoms in total. The molecule has 2 aliphatic heterocycles. The molecular weight excluding hydrogens is 282 g/mol. The lowest BCUT2D eigenvalue weighted by molar-refractivity contribution is 0.0899. The van der Waals surface area contributed by atoms with Crippen molar-refractivity contribution < 1.29 is 14.3 Å². The van der Waals surface area contributed by atoms with Crippen LogP contribution in [0.1, 0.15) is 17.3 Å². The topological polar surface area (TPSA) is 54.0 Å². The van der Waals surface area contributed by atoms with Gasteiger partial charge in [-0.1, -0.05) is 6.07 Å². The van der Waals surface area contributed by atoms with E-state index in [1.165, 1.54) is 0 Å². The predicted molar refractivity (Wildman–Crippen MR) is 83.4 cm³/mol. The number of ether oxygens (including phenoxy) is 2. The van der Waals surface area contributed by atoms with Crippen LogP contribution in [-0.2, 0) is 0 Å². The monoisotopic (exact) mass is 305 g/mol.